The Morgan fingerprint density at radius 2 is 0.721 bits per heavy atom. The van der Waals surface area contributed by atoms with Crippen molar-refractivity contribution >= 4 is 0 Å². The Bertz CT molecular complexity index is 1930. The SMILES string of the molecule is COc1ccc(-c2c3c(c(O)c4c2C2c5ccccc5C4c4ccccc42)C2c4ccccc4C3c3ccccc32)cc1. The molecule has 0 atom stereocenters. The molecule has 0 radical (unpaired) electrons. The third-order valence-corrected chi connectivity index (χ3v) is 10.6. The van der Waals surface area contributed by atoms with Gasteiger partial charge in [-0.2, -0.15) is 0 Å². The Kier molecular flexibility index (Phi) is 4.51. The first-order valence-corrected chi connectivity index (χ1v) is 15.2. The third kappa shape index (κ3) is 2.79. The number of benzene rings is 6. The maximum absolute atomic E-state index is 12.8. The molecule has 12 rings (SSSR count). The van der Waals surface area contributed by atoms with Crippen LogP contribution in [0, 0.1) is 0 Å². The van der Waals surface area contributed by atoms with E-state index in [-0.39, 0.29) is 23.7 Å². The normalized spacial score (nSPS) is 20.8. The van der Waals surface area contributed by atoms with Crippen LogP contribution in [0.5, 0.6) is 11.5 Å². The molecule has 6 aliphatic rings. The fourth-order valence-corrected chi connectivity index (χ4v) is 9.13. The predicted molar refractivity (Wildman–Crippen MR) is 170 cm³/mol. The van der Waals surface area contributed by atoms with Gasteiger partial charge in [0.1, 0.15) is 11.5 Å². The molecule has 0 amide bonds. The molecular weight excluding hydrogens is 524 g/mol. The van der Waals surface area contributed by atoms with Gasteiger partial charge in [0, 0.05) is 34.8 Å². The van der Waals surface area contributed by atoms with Gasteiger partial charge < -0.3 is 9.84 Å². The van der Waals surface area contributed by atoms with E-state index in [1.54, 1.807) is 7.11 Å². The van der Waals surface area contributed by atoms with Crippen LogP contribution in [0.4, 0.5) is 0 Å². The van der Waals surface area contributed by atoms with Gasteiger partial charge in [0.05, 0.1) is 7.11 Å². The fourth-order valence-electron chi connectivity index (χ4n) is 9.13. The van der Waals surface area contributed by atoms with E-state index < -0.39 is 0 Å². The molecule has 6 aliphatic carbocycles. The second-order valence-corrected chi connectivity index (χ2v) is 12.4. The minimum Gasteiger partial charge on any atom is -0.507 e. The zero-order valence-electron chi connectivity index (χ0n) is 23.7. The van der Waals surface area contributed by atoms with E-state index >= 15 is 0 Å². The minimum atomic E-state index is -0.0133. The van der Waals surface area contributed by atoms with Crippen molar-refractivity contribution in [2.75, 3.05) is 7.11 Å². The molecule has 0 unspecified atom stereocenters. The van der Waals surface area contributed by atoms with Gasteiger partial charge in [-0.25, -0.2) is 0 Å². The van der Waals surface area contributed by atoms with Crippen molar-refractivity contribution in [3.05, 3.63) is 188 Å². The van der Waals surface area contributed by atoms with Crippen molar-refractivity contribution in [1.82, 2.24) is 0 Å². The van der Waals surface area contributed by atoms with Crippen molar-refractivity contribution in [2.24, 2.45) is 0 Å². The van der Waals surface area contributed by atoms with Crippen LogP contribution in [0.3, 0.4) is 0 Å². The van der Waals surface area contributed by atoms with Crippen molar-refractivity contribution in [3.63, 3.8) is 0 Å². The molecule has 0 heterocycles. The van der Waals surface area contributed by atoms with Crippen molar-refractivity contribution in [1.29, 1.82) is 0 Å². The number of hydrogen-bond acceptors (Lipinski definition) is 2. The zero-order valence-corrected chi connectivity index (χ0v) is 23.7. The van der Waals surface area contributed by atoms with Gasteiger partial charge in [-0.05, 0) is 78.9 Å². The van der Waals surface area contributed by atoms with E-state index in [2.05, 4.69) is 121 Å². The van der Waals surface area contributed by atoms with Gasteiger partial charge in [0.2, 0.25) is 0 Å². The van der Waals surface area contributed by atoms with Gasteiger partial charge in [0.15, 0.2) is 0 Å². The molecule has 0 saturated heterocycles. The largest absolute Gasteiger partial charge is 0.507 e. The van der Waals surface area contributed by atoms with Gasteiger partial charge in [-0.1, -0.05) is 109 Å². The highest BCUT2D eigenvalue weighted by molar-refractivity contribution is 5.89. The summed E-state index contributed by atoms with van der Waals surface area (Å²) in [5, 5.41) is 12.8. The molecule has 2 heteroatoms. The van der Waals surface area contributed by atoms with Crippen molar-refractivity contribution in [2.45, 2.75) is 23.7 Å². The first-order valence-electron chi connectivity index (χ1n) is 15.2. The average molecular weight is 553 g/mol. The standard InChI is InChI=1S/C41H28O2/c1-43-23-20-18-22(19-21-23)32-37-33-24-10-2-6-14-28(24)35(29-15-7-3-11-25(29)33)39(37)41(42)40-36-30-16-8-4-12-26(30)34(38(32)40)27-13-5-9-17-31(27)36/h2-21,33-36,42H,1H3. The van der Waals surface area contributed by atoms with E-state index in [9.17, 15) is 5.11 Å². The summed E-state index contributed by atoms with van der Waals surface area (Å²) in [5.74, 6) is 1.40. The molecule has 0 saturated carbocycles. The Balaban J connectivity index is 1.40. The van der Waals surface area contributed by atoms with Crippen LogP contribution in [-0.4, -0.2) is 12.2 Å². The van der Waals surface area contributed by atoms with Crippen LogP contribution in [-0.2, 0) is 0 Å². The van der Waals surface area contributed by atoms with Gasteiger partial charge >= 0.3 is 0 Å². The molecule has 6 aromatic rings. The van der Waals surface area contributed by atoms with Crippen LogP contribution in [0.2, 0.25) is 0 Å². The quantitative estimate of drug-likeness (QED) is 0.232. The van der Waals surface area contributed by atoms with Crippen LogP contribution in [0.15, 0.2) is 121 Å². The molecule has 4 bridgehead atoms. The summed E-state index contributed by atoms with van der Waals surface area (Å²) < 4.78 is 5.59. The lowest BCUT2D eigenvalue weighted by Gasteiger charge is -2.49. The lowest BCUT2D eigenvalue weighted by atomic mass is 9.54. The van der Waals surface area contributed by atoms with E-state index in [0.29, 0.717) is 5.75 Å². The van der Waals surface area contributed by atoms with Crippen LogP contribution in [0.1, 0.15) is 90.4 Å². The first-order chi connectivity index (χ1) is 21.3. The third-order valence-electron chi connectivity index (χ3n) is 10.6. The highest BCUT2D eigenvalue weighted by atomic mass is 16.5. The second-order valence-electron chi connectivity index (χ2n) is 12.4. The lowest BCUT2D eigenvalue weighted by Crippen LogP contribution is -2.33. The molecule has 0 spiro atoms. The second kappa shape index (κ2) is 8.26. The van der Waals surface area contributed by atoms with Crippen LogP contribution >= 0.6 is 0 Å². The summed E-state index contributed by atoms with van der Waals surface area (Å²) in [6.07, 6.45) is 0. The molecule has 0 aromatic heterocycles. The fraction of sp³-hybridized carbons (Fsp3) is 0.122. The van der Waals surface area contributed by atoms with Gasteiger partial charge in [-0.3, -0.25) is 0 Å². The molecule has 6 aromatic carbocycles. The van der Waals surface area contributed by atoms with Crippen LogP contribution < -0.4 is 4.74 Å². The number of rotatable bonds is 2. The Morgan fingerprint density at radius 3 is 1.02 bits per heavy atom. The highest BCUT2D eigenvalue weighted by Crippen LogP contribution is 2.67. The molecule has 204 valence electrons. The number of ether oxygens (including phenoxy) is 1. The molecular formula is C41H28O2. The molecule has 0 aliphatic heterocycles. The number of methoxy groups -OCH3 is 1. The lowest BCUT2D eigenvalue weighted by molar-refractivity contribution is 0.415. The van der Waals surface area contributed by atoms with E-state index in [0.717, 1.165) is 16.9 Å². The number of phenolic OH excluding ortho intramolecular Hbond substituents is 1. The first kappa shape index (κ1) is 23.5. The molecule has 2 nitrogen and oxygen atoms in total. The van der Waals surface area contributed by atoms with E-state index in [1.165, 1.54) is 66.8 Å². The zero-order chi connectivity index (χ0) is 28.4. The minimum absolute atomic E-state index is 0.0133. The summed E-state index contributed by atoms with van der Waals surface area (Å²) in [6.45, 7) is 0. The Hall–Kier alpha value is -5.08. The van der Waals surface area contributed by atoms with Crippen molar-refractivity contribution in [3.8, 4) is 22.6 Å². The molecule has 1 N–H and O–H groups in total. The molecule has 0 fully saturated rings. The van der Waals surface area contributed by atoms with E-state index in [1.807, 2.05) is 0 Å². The maximum Gasteiger partial charge on any atom is 0.124 e. The average Bonchev–Trinajstić information content (AvgIpc) is 3.08. The smallest absolute Gasteiger partial charge is 0.124 e. The highest BCUT2D eigenvalue weighted by Gasteiger charge is 2.50. The summed E-state index contributed by atoms with van der Waals surface area (Å²) in [7, 11) is 1.72. The van der Waals surface area contributed by atoms with Crippen LogP contribution in [0.25, 0.3) is 11.1 Å². The Labute approximate surface area is 250 Å². The topological polar surface area (TPSA) is 29.5 Å². The monoisotopic (exact) mass is 552 g/mol. The Morgan fingerprint density at radius 1 is 0.419 bits per heavy atom. The van der Waals surface area contributed by atoms with Gasteiger partial charge in [0.25, 0.3) is 0 Å². The maximum atomic E-state index is 12.8. The summed E-state index contributed by atoms with van der Waals surface area (Å²) >= 11 is 0. The van der Waals surface area contributed by atoms with Crippen molar-refractivity contribution < 1.29 is 9.84 Å². The summed E-state index contributed by atoms with van der Waals surface area (Å²) in [4.78, 5) is 0. The number of hydrogen-bond donors (Lipinski definition) is 1. The number of aromatic hydroxyl groups is 1. The summed E-state index contributed by atoms with van der Waals surface area (Å²) in [5.41, 5.74) is 17.9. The number of phenols is 1. The molecule has 43 heavy (non-hydrogen) atoms. The van der Waals surface area contributed by atoms with E-state index in [4.69, 9.17) is 4.74 Å². The summed E-state index contributed by atoms with van der Waals surface area (Å²) in [6, 6.07) is 44.1. The van der Waals surface area contributed by atoms with Gasteiger partial charge in [-0.15, -0.1) is 0 Å². The predicted octanol–water partition coefficient (Wildman–Crippen LogP) is 9.04.